The quantitative estimate of drug-likeness (QED) is 0.728. The van der Waals surface area contributed by atoms with E-state index < -0.39 is 5.95 Å². The maximum Gasteiger partial charge on any atom is 0.220 e. The van der Waals surface area contributed by atoms with E-state index >= 15 is 0 Å². The minimum Gasteiger partial charge on any atom is -0.490 e. The minimum absolute atomic E-state index is 0.375. The van der Waals surface area contributed by atoms with Crippen LogP contribution in [0.3, 0.4) is 0 Å². The van der Waals surface area contributed by atoms with Crippen LogP contribution in [0.4, 0.5) is 4.39 Å². The molecule has 0 radical (unpaired) electrons. The van der Waals surface area contributed by atoms with Crippen molar-refractivity contribution in [3.05, 3.63) is 30.4 Å². The summed E-state index contributed by atoms with van der Waals surface area (Å²) in [4.78, 5) is 5.84. The lowest BCUT2D eigenvalue weighted by molar-refractivity contribution is 0.0767. The normalized spacial score (nSPS) is 20.2. The van der Waals surface area contributed by atoms with Crippen LogP contribution in [0.1, 0.15) is 12.0 Å². The number of ether oxygens (including phenoxy) is 1. The summed E-state index contributed by atoms with van der Waals surface area (Å²) in [6, 6.07) is 2.09. The van der Waals surface area contributed by atoms with Gasteiger partial charge in [-0.3, -0.25) is 4.90 Å². The first kappa shape index (κ1) is 11.1. The monoisotopic (exact) mass is 222 g/mol. The molecule has 1 aromatic heterocycles. The molecule has 0 unspecified atom stereocenters. The third-order valence-corrected chi connectivity index (χ3v) is 2.94. The molecule has 1 aliphatic heterocycles. The van der Waals surface area contributed by atoms with Crippen LogP contribution in [-0.2, 0) is 0 Å². The first-order valence-electron chi connectivity index (χ1n) is 5.31. The van der Waals surface area contributed by atoms with Gasteiger partial charge in [0, 0.05) is 11.6 Å². The van der Waals surface area contributed by atoms with Crippen molar-refractivity contribution in [1.29, 1.82) is 0 Å². The first-order valence-corrected chi connectivity index (χ1v) is 5.31. The maximum absolute atomic E-state index is 13.1. The van der Waals surface area contributed by atoms with Crippen molar-refractivity contribution < 1.29 is 9.13 Å². The Labute approximate surface area is 94.5 Å². The number of likely N-dealkylation sites (tertiary alicyclic amines) is 1. The second kappa shape index (κ2) is 4.61. The van der Waals surface area contributed by atoms with Gasteiger partial charge in [0.1, 0.15) is 12.4 Å². The lowest BCUT2D eigenvalue weighted by Crippen LogP contribution is -2.48. The molecular weight excluding hydrogens is 207 g/mol. The van der Waals surface area contributed by atoms with Crippen molar-refractivity contribution in [3.63, 3.8) is 0 Å². The standard InChI is InChI=1S/C12H15FN2O/c1-3-9-6-11(7-14-12(9)13)16-8-10-4-5-15(10)2/h3,6-7,10H,1,4-5,8H2,2H3/t10-/m0/s1. The molecule has 0 aromatic carbocycles. The van der Waals surface area contributed by atoms with E-state index in [1.807, 2.05) is 0 Å². The predicted molar refractivity (Wildman–Crippen MR) is 60.8 cm³/mol. The molecular formula is C12H15FN2O. The maximum atomic E-state index is 13.1. The predicted octanol–water partition coefficient (Wildman–Crippen LogP) is 1.95. The van der Waals surface area contributed by atoms with Crippen LogP contribution in [0.2, 0.25) is 0 Å². The van der Waals surface area contributed by atoms with Crippen LogP contribution < -0.4 is 4.74 Å². The molecule has 1 aliphatic rings. The van der Waals surface area contributed by atoms with Crippen molar-refractivity contribution in [2.24, 2.45) is 0 Å². The molecule has 0 N–H and O–H groups in total. The average molecular weight is 222 g/mol. The van der Waals surface area contributed by atoms with Crippen LogP contribution in [0, 0.1) is 5.95 Å². The van der Waals surface area contributed by atoms with E-state index in [1.54, 1.807) is 6.07 Å². The van der Waals surface area contributed by atoms with Crippen LogP contribution in [0.25, 0.3) is 6.08 Å². The van der Waals surface area contributed by atoms with Gasteiger partial charge in [0.25, 0.3) is 0 Å². The number of hydrogen-bond acceptors (Lipinski definition) is 3. The van der Waals surface area contributed by atoms with Crippen LogP contribution in [0.5, 0.6) is 5.75 Å². The minimum atomic E-state index is -0.511. The van der Waals surface area contributed by atoms with Gasteiger partial charge in [0.15, 0.2) is 0 Å². The zero-order valence-electron chi connectivity index (χ0n) is 9.32. The summed E-state index contributed by atoms with van der Waals surface area (Å²) in [6.45, 7) is 5.27. The summed E-state index contributed by atoms with van der Waals surface area (Å²) >= 11 is 0. The van der Waals surface area contributed by atoms with Gasteiger partial charge >= 0.3 is 0 Å². The van der Waals surface area contributed by atoms with Gasteiger partial charge in [0.2, 0.25) is 5.95 Å². The zero-order chi connectivity index (χ0) is 11.5. The fourth-order valence-corrected chi connectivity index (χ4v) is 1.64. The highest BCUT2D eigenvalue weighted by atomic mass is 19.1. The molecule has 86 valence electrons. The highest BCUT2D eigenvalue weighted by Gasteiger charge is 2.24. The van der Waals surface area contributed by atoms with Gasteiger partial charge in [-0.25, -0.2) is 4.98 Å². The zero-order valence-corrected chi connectivity index (χ0v) is 9.32. The smallest absolute Gasteiger partial charge is 0.220 e. The molecule has 0 amide bonds. The van der Waals surface area contributed by atoms with E-state index in [9.17, 15) is 4.39 Å². The molecule has 0 spiro atoms. The summed E-state index contributed by atoms with van der Waals surface area (Å²) < 4.78 is 18.6. The number of nitrogens with zero attached hydrogens (tertiary/aromatic N) is 2. The Kier molecular flexibility index (Phi) is 3.19. The van der Waals surface area contributed by atoms with E-state index in [0.29, 0.717) is 24.0 Å². The van der Waals surface area contributed by atoms with Crippen molar-refractivity contribution in [2.75, 3.05) is 20.2 Å². The molecule has 0 saturated carbocycles. The number of hydrogen-bond donors (Lipinski definition) is 0. The molecule has 1 fully saturated rings. The molecule has 1 atom stereocenters. The van der Waals surface area contributed by atoms with E-state index in [2.05, 4.69) is 23.5 Å². The molecule has 1 saturated heterocycles. The molecule has 4 heteroatoms. The third kappa shape index (κ3) is 2.22. The molecule has 3 nitrogen and oxygen atoms in total. The lowest BCUT2D eigenvalue weighted by Gasteiger charge is -2.37. The fraction of sp³-hybridized carbons (Fsp3) is 0.417. The van der Waals surface area contributed by atoms with Crippen LogP contribution in [0.15, 0.2) is 18.8 Å². The molecule has 0 bridgehead atoms. The second-order valence-electron chi connectivity index (χ2n) is 3.99. The molecule has 2 rings (SSSR count). The van der Waals surface area contributed by atoms with Gasteiger partial charge < -0.3 is 4.74 Å². The van der Waals surface area contributed by atoms with Crippen molar-refractivity contribution in [3.8, 4) is 5.75 Å². The average Bonchev–Trinajstić information content (AvgIpc) is 2.29. The lowest BCUT2D eigenvalue weighted by atomic mass is 10.1. The Morgan fingerprint density at radius 3 is 3.12 bits per heavy atom. The van der Waals surface area contributed by atoms with E-state index in [0.717, 1.165) is 13.0 Å². The Hall–Kier alpha value is -1.42. The van der Waals surface area contributed by atoms with Gasteiger partial charge in [-0.05, 0) is 26.1 Å². The number of pyridine rings is 1. The number of rotatable bonds is 4. The van der Waals surface area contributed by atoms with Crippen molar-refractivity contribution in [1.82, 2.24) is 9.88 Å². The van der Waals surface area contributed by atoms with E-state index in [1.165, 1.54) is 12.3 Å². The van der Waals surface area contributed by atoms with Gasteiger partial charge in [-0.2, -0.15) is 4.39 Å². The van der Waals surface area contributed by atoms with Gasteiger partial charge in [0.05, 0.1) is 6.20 Å². The summed E-state index contributed by atoms with van der Waals surface area (Å²) in [5.41, 5.74) is 0.375. The van der Waals surface area contributed by atoms with Gasteiger partial charge in [-0.1, -0.05) is 12.7 Å². The van der Waals surface area contributed by atoms with Crippen LogP contribution in [-0.4, -0.2) is 36.1 Å². The number of likely N-dealkylation sites (N-methyl/N-ethyl adjacent to an activating group) is 1. The molecule has 2 heterocycles. The number of aromatic nitrogens is 1. The summed E-state index contributed by atoms with van der Waals surface area (Å²) in [5.74, 6) is 0.0831. The fourth-order valence-electron chi connectivity index (χ4n) is 1.64. The Bertz CT molecular complexity index is 395. The highest BCUT2D eigenvalue weighted by molar-refractivity contribution is 5.48. The summed E-state index contributed by atoms with van der Waals surface area (Å²) in [5, 5.41) is 0. The Balaban J connectivity index is 1.96. The highest BCUT2D eigenvalue weighted by Crippen LogP contribution is 2.19. The Morgan fingerprint density at radius 2 is 2.56 bits per heavy atom. The first-order chi connectivity index (χ1) is 7.70. The van der Waals surface area contributed by atoms with Crippen molar-refractivity contribution in [2.45, 2.75) is 12.5 Å². The van der Waals surface area contributed by atoms with E-state index in [-0.39, 0.29) is 0 Å². The summed E-state index contributed by atoms with van der Waals surface area (Å²) in [6.07, 6.45) is 3.99. The SMILES string of the molecule is C=Cc1cc(OC[C@@H]2CCN2C)cnc1F. The largest absolute Gasteiger partial charge is 0.490 e. The topological polar surface area (TPSA) is 25.4 Å². The third-order valence-electron chi connectivity index (χ3n) is 2.94. The molecule has 1 aromatic rings. The molecule has 16 heavy (non-hydrogen) atoms. The van der Waals surface area contributed by atoms with Crippen LogP contribution >= 0.6 is 0 Å². The van der Waals surface area contributed by atoms with E-state index in [4.69, 9.17) is 4.74 Å². The molecule has 0 aliphatic carbocycles. The van der Waals surface area contributed by atoms with Crippen molar-refractivity contribution >= 4 is 6.08 Å². The number of halogens is 1. The summed E-state index contributed by atoms with van der Waals surface area (Å²) in [7, 11) is 2.07. The Morgan fingerprint density at radius 1 is 1.75 bits per heavy atom. The second-order valence-corrected chi connectivity index (χ2v) is 3.99. The van der Waals surface area contributed by atoms with Gasteiger partial charge in [-0.15, -0.1) is 0 Å².